The molecular weight excluding hydrogens is 353 g/mol. The lowest BCUT2D eigenvalue weighted by Gasteiger charge is -2.01. The monoisotopic (exact) mass is 367 g/mol. The molecule has 130 valence electrons. The zero-order valence-corrected chi connectivity index (χ0v) is 14.6. The molecule has 4 rings (SSSR count). The Balaban J connectivity index is 1.78. The molecular formula is C19H14FN3O2S. The van der Waals surface area contributed by atoms with Crippen LogP contribution in [0.15, 0.2) is 47.5 Å². The summed E-state index contributed by atoms with van der Waals surface area (Å²) in [4.78, 5) is 20.9. The quantitative estimate of drug-likeness (QED) is 0.743. The number of halogens is 1. The smallest absolute Gasteiger partial charge is 0.279 e. The average Bonchev–Trinajstić information content (AvgIpc) is 3.14. The number of benzene rings is 2. The number of carbonyl (C=O) groups excluding carboxylic acids is 1. The third-order valence-electron chi connectivity index (χ3n) is 4.11. The molecule has 2 aromatic carbocycles. The first-order valence-electron chi connectivity index (χ1n) is 8.04. The zero-order valence-electron chi connectivity index (χ0n) is 13.8. The summed E-state index contributed by atoms with van der Waals surface area (Å²) in [5, 5.41) is 15.0. The predicted molar refractivity (Wildman–Crippen MR) is 97.6 cm³/mol. The minimum absolute atomic E-state index is 0.229. The fourth-order valence-electron chi connectivity index (χ4n) is 2.79. The lowest BCUT2D eigenvalue weighted by atomic mass is 10.1. The van der Waals surface area contributed by atoms with E-state index in [1.165, 1.54) is 12.1 Å². The van der Waals surface area contributed by atoms with E-state index in [2.05, 4.69) is 15.3 Å². The van der Waals surface area contributed by atoms with Crippen molar-refractivity contribution in [1.29, 1.82) is 0 Å². The molecule has 0 unspecified atom stereocenters. The summed E-state index contributed by atoms with van der Waals surface area (Å²) in [6.07, 6.45) is 0.834. The molecule has 0 saturated heterocycles. The molecule has 3 aromatic rings. The number of anilines is 2. The molecule has 0 bridgehead atoms. The Morgan fingerprint density at radius 2 is 1.96 bits per heavy atom. The highest BCUT2D eigenvalue weighted by atomic mass is 32.1. The van der Waals surface area contributed by atoms with Gasteiger partial charge in [-0.15, -0.1) is 0 Å². The molecule has 0 saturated carbocycles. The van der Waals surface area contributed by atoms with Gasteiger partial charge in [0.1, 0.15) is 10.7 Å². The van der Waals surface area contributed by atoms with Crippen LogP contribution in [0.2, 0.25) is 0 Å². The van der Waals surface area contributed by atoms with Crippen LogP contribution in [0.3, 0.4) is 0 Å². The van der Waals surface area contributed by atoms with Crippen molar-refractivity contribution in [2.24, 2.45) is 4.99 Å². The van der Waals surface area contributed by atoms with Crippen LogP contribution in [0, 0.1) is 5.82 Å². The van der Waals surface area contributed by atoms with Crippen LogP contribution >= 0.6 is 11.3 Å². The third-order valence-corrected chi connectivity index (χ3v) is 5.08. The van der Waals surface area contributed by atoms with Gasteiger partial charge < -0.3 is 10.4 Å². The lowest BCUT2D eigenvalue weighted by Crippen LogP contribution is -2.23. The Morgan fingerprint density at radius 3 is 2.69 bits per heavy atom. The maximum atomic E-state index is 13.0. The molecule has 2 heterocycles. The highest BCUT2D eigenvalue weighted by molar-refractivity contribution is 7.17. The van der Waals surface area contributed by atoms with Crippen molar-refractivity contribution in [1.82, 2.24) is 4.98 Å². The van der Waals surface area contributed by atoms with Gasteiger partial charge in [0.05, 0.1) is 10.9 Å². The minimum Gasteiger partial charge on any atom is -0.492 e. The van der Waals surface area contributed by atoms with Gasteiger partial charge in [0.2, 0.25) is 5.88 Å². The molecule has 1 aliphatic rings. The highest BCUT2D eigenvalue weighted by Crippen LogP contribution is 2.35. The van der Waals surface area contributed by atoms with E-state index in [0.717, 1.165) is 23.3 Å². The first-order chi connectivity index (χ1) is 12.5. The average molecular weight is 367 g/mol. The van der Waals surface area contributed by atoms with Gasteiger partial charge in [-0.2, -0.15) is 4.98 Å². The number of aromatic hydroxyl groups is 1. The van der Waals surface area contributed by atoms with Crippen molar-refractivity contribution >= 4 is 33.6 Å². The summed E-state index contributed by atoms with van der Waals surface area (Å²) < 4.78 is 13.0. The van der Waals surface area contributed by atoms with Gasteiger partial charge >= 0.3 is 0 Å². The first kappa shape index (κ1) is 16.4. The Kier molecular flexibility index (Phi) is 4.00. The summed E-state index contributed by atoms with van der Waals surface area (Å²) in [6.45, 7) is 2.03. The van der Waals surface area contributed by atoms with Gasteiger partial charge in [-0.1, -0.05) is 24.3 Å². The summed E-state index contributed by atoms with van der Waals surface area (Å²) in [5.41, 5.74) is 2.07. The highest BCUT2D eigenvalue weighted by Gasteiger charge is 2.25. The van der Waals surface area contributed by atoms with Crippen LogP contribution in [-0.2, 0) is 11.2 Å². The number of hydrogen-bond donors (Lipinski definition) is 2. The maximum Gasteiger partial charge on any atom is 0.279 e. The molecule has 0 fully saturated rings. The largest absolute Gasteiger partial charge is 0.492 e. The number of carbonyl (C=O) groups is 1. The van der Waals surface area contributed by atoms with Gasteiger partial charge in [0, 0.05) is 10.9 Å². The third kappa shape index (κ3) is 2.86. The van der Waals surface area contributed by atoms with Crippen LogP contribution < -0.4 is 15.9 Å². The summed E-state index contributed by atoms with van der Waals surface area (Å²) in [6, 6.07) is 11.5. The molecule has 0 aliphatic carbocycles. The number of nitrogens with zero attached hydrogens (tertiary/aromatic N) is 2. The van der Waals surface area contributed by atoms with Gasteiger partial charge in [-0.3, -0.25) is 4.79 Å². The molecule has 0 atom stereocenters. The SMILES string of the molecule is CCc1ccc2c(c1)=C(c1sc(Nc3ccc(F)cc3)nc1O)C(=O)N=2. The van der Waals surface area contributed by atoms with E-state index in [0.29, 0.717) is 31.8 Å². The number of amides is 1. The summed E-state index contributed by atoms with van der Waals surface area (Å²) in [5.74, 6) is -0.955. The van der Waals surface area contributed by atoms with Crippen LogP contribution in [0.4, 0.5) is 15.2 Å². The van der Waals surface area contributed by atoms with Crippen LogP contribution in [-0.4, -0.2) is 16.0 Å². The van der Waals surface area contributed by atoms with Crippen LogP contribution in [0.1, 0.15) is 17.4 Å². The standard InChI is InChI=1S/C19H14FN3O2S/c1-2-10-3-8-14-13(9-10)15(17(24)22-14)16-18(25)23-19(26-16)21-12-6-4-11(20)5-7-12/h3-9,25H,2H2,1H3,(H,21,23). The van der Waals surface area contributed by atoms with E-state index in [-0.39, 0.29) is 17.6 Å². The minimum atomic E-state index is -0.388. The topological polar surface area (TPSA) is 74.6 Å². The molecule has 0 spiro atoms. The Bertz CT molecular complexity index is 1140. The van der Waals surface area contributed by atoms with Crippen molar-refractivity contribution in [2.75, 3.05) is 5.32 Å². The molecule has 1 aliphatic heterocycles. The van der Waals surface area contributed by atoms with Crippen molar-refractivity contribution in [3.05, 3.63) is 69.3 Å². The summed E-state index contributed by atoms with van der Waals surface area (Å²) in [7, 11) is 0. The number of nitrogens with one attached hydrogen (secondary N) is 1. The Labute approximate surface area is 152 Å². The van der Waals surface area contributed by atoms with E-state index in [4.69, 9.17) is 0 Å². The van der Waals surface area contributed by atoms with Crippen molar-refractivity contribution < 1.29 is 14.3 Å². The molecule has 7 heteroatoms. The number of rotatable bonds is 4. The number of hydrogen-bond acceptors (Lipinski definition) is 5. The number of fused-ring (bicyclic) bond motifs is 1. The zero-order chi connectivity index (χ0) is 18.3. The van der Waals surface area contributed by atoms with Gasteiger partial charge in [-0.05, 0) is 48.4 Å². The van der Waals surface area contributed by atoms with E-state index < -0.39 is 0 Å². The second kappa shape index (κ2) is 6.34. The van der Waals surface area contributed by atoms with Gasteiger partial charge in [-0.25, -0.2) is 9.38 Å². The van der Waals surface area contributed by atoms with E-state index >= 15 is 0 Å². The first-order valence-corrected chi connectivity index (χ1v) is 8.86. The molecule has 1 amide bonds. The molecule has 5 nitrogen and oxygen atoms in total. The molecule has 0 radical (unpaired) electrons. The van der Waals surface area contributed by atoms with Gasteiger partial charge in [0.15, 0.2) is 5.13 Å². The van der Waals surface area contributed by atoms with Crippen molar-refractivity contribution in [3.8, 4) is 5.88 Å². The Hall–Kier alpha value is -3.06. The maximum absolute atomic E-state index is 13.0. The number of thiazole rings is 1. The summed E-state index contributed by atoms with van der Waals surface area (Å²) >= 11 is 1.15. The van der Waals surface area contributed by atoms with Crippen LogP contribution in [0.25, 0.3) is 5.57 Å². The fourth-order valence-corrected chi connectivity index (χ4v) is 3.72. The molecule has 2 N–H and O–H groups in total. The van der Waals surface area contributed by atoms with E-state index in [9.17, 15) is 14.3 Å². The second-order valence-electron chi connectivity index (χ2n) is 5.80. The molecule has 26 heavy (non-hydrogen) atoms. The van der Waals surface area contributed by atoms with Crippen molar-refractivity contribution in [3.63, 3.8) is 0 Å². The fraction of sp³-hybridized carbons (Fsp3) is 0.105. The second-order valence-corrected chi connectivity index (χ2v) is 6.80. The van der Waals surface area contributed by atoms with E-state index in [1.54, 1.807) is 12.1 Å². The van der Waals surface area contributed by atoms with Gasteiger partial charge in [0.25, 0.3) is 5.91 Å². The normalized spacial score (nSPS) is 12.8. The van der Waals surface area contributed by atoms with E-state index in [1.807, 2.05) is 25.1 Å². The number of aromatic nitrogens is 1. The predicted octanol–water partition coefficient (Wildman–Crippen LogP) is 2.65. The number of aryl methyl sites for hydroxylation is 1. The molecule has 1 aromatic heterocycles. The van der Waals surface area contributed by atoms with Crippen molar-refractivity contribution in [2.45, 2.75) is 13.3 Å². The Morgan fingerprint density at radius 1 is 1.19 bits per heavy atom. The lowest BCUT2D eigenvalue weighted by molar-refractivity contribution is -0.112. The van der Waals surface area contributed by atoms with Crippen LogP contribution in [0.5, 0.6) is 5.88 Å².